The van der Waals surface area contributed by atoms with Gasteiger partial charge in [-0.1, -0.05) is 30.7 Å². The first-order valence-electron chi connectivity index (χ1n) is 6.07. The number of hydrogen-bond acceptors (Lipinski definition) is 4. The van der Waals surface area contributed by atoms with Crippen LogP contribution in [-0.2, 0) is 0 Å². The molecule has 1 rings (SSSR count). The Morgan fingerprint density at radius 3 is 2.72 bits per heavy atom. The standard InChI is InChI=1S/C13H20ClNO3/c1-2-10(8-16)15-7-11(17)9-18-13-6-4-3-5-12(13)14/h3-6,10-11,15-17H,2,7-9H2,1H3/t10-,11-/m1/s1. The molecule has 0 unspecified atom stereocenters. The summed E-state index contributed by atoms with van der Waals surface area (Å²) < 4.78 is 5.41. The van der Waals surface area contributed by atoms with Crippen molar-refractivity contribution < 1.29 is 14.9 Å². The lowest BCUT2D eigenvalue weighted by atomic mass is 10.2. The molecule has 0 aliphatic rings. The van der Waals surface area contributed by atoms with Gasteiger partial charge in [-0.05, 0) is 18.6 Å². The van der Waals surface area contributed by atoms with E-state index in [4.69, 9.17) is 21.4 Å². The first-order valence-corrected chi connectivity index (χ1v) is 6.44. The third-order valence-electron chi connectivity index (χ3n) is 2.62. The van der Waals surface area contributed by atoms with E-state index < -0.39 is 6.10 Å². The molecule has 102 valence electrons. The molecule has 18 heavy (non-hydrogen) atoms. The van der Waals surface area contributed by atoms with Gasteiger partial charge in [0.1, 0.15) is 18.5 Å². The average Bonchev–Trinajstić information content (AvgIpc) is 2.39. The highest BCUT2D eigenvalue weighted by atomic mass is 35.5. The van der Waals surface area contributed by atoms with E-state index in [1.165, 1.54) is 0 Å². The smallest absolute Gasteiger partial charge is 0.138 e. The maximum atomic E-state index is 9.73. The fourth-order valence-corrected chi connectivity index (χ4v) is 1.64. The first-order chi connectivity index (χ1) is 8.67. The van der Waals surface area contributed by atoms with Gasteiger partial charge in [-0.15, -0.1) is 0 Å². The lowest BCUT2D eigenvalue weighted by Crippen LogP contribution is -2.39. The monoisotopic (exact) mass is 273 g/mol. The van der Waals surface area contributed by atoms with Gasteiger partial charge in [0.05, 0.1) is 11.6 Å². The van der Waals surface area contributed by atoms with E-state index >= 15 is 0 Å². The molecule has 0 saturated carbocycles. The van der Waals surface area contributed by atoms with Crippen LogP contribution in [0.1, 0.15) is 13.3 Å². The van der Waals surface area contributed by atoms with Crippen molar-refractivity contribution in [3.05, 3.63) is 29.3 Å². The van der Waals surface area contributed by atoms with Crippen molar-refractivity contribution >= 4 is 11.6 Å². The van der Waals surface area contributed by atoms with Crippen LogP contribution in [0.5, 0.6) is 5.75 Å². The van der Waals surface area contributed by atoms with Crippen LogP contribution in [0.3, 0.4) is 0 Å². The second kappa shape index (κ2) is 8.32. The van der Waals surface area contributed by atoms with Crippen molar-refractivity contribution in [1.82, 2.24) is 5.32 Å². The molecular weight excluding hydrogens is 254 g/mol. The number of aliphatic hydroxyl groups excluding tert-OH is 2. The van der Waals surface area contributed by atoms with Gasteiger partial charge < -0.3 is 20.3 Å². The van der Waals surface area contributed by atoms with Crippen molar-refractivity contribution in [1.29, 1.82) is 0 Å². The summed E-state index contributed by atoms with van der Waals surface area (Å²) in [5, 5.41) is 22.3. The lowest BCUT2D eigenvalue weighted by Gasteiger charge is -2.18. The zero-order valence-corrected chi connectivity index (χ0v) is 11.2. The number of ether oxygens (including phenoxy) is 1. The highest BCUT2D eigenvalue weighted by molar-refractivity contribution is 6.32. The molecule has 0 amide bonds. The van der Waals surface area contributed by atoms with Gasteiger partial charge in [0.15, 0.2) is 0 Å². The molecular formula is C13H20ClNO3. The summed E-state index contributed by atoms with van der Waals surface area (Å²) in [5.41, 5.74) is 0. The molecule has 5 heteroatoms. The van der Waals surface area contributed by atoms with E-state index in [0.717, 1.165) is 6.42 Å². The molecule has 0 heterocycles. The highest BCUT2D eigenvalue weighted by Gasteiger charge is 2.10. The summed E-state index contributed by atoms with van der Waals surface area (Å²) >= 11 is 5.92. The Labute approximate surface area is 113 Å². The number of nitrogens with one attached hydrogen (secondary N) is 1. The van der Waals surface area contributed by atoms with Gasteiger partial charge in [-0.2, -0.15) is 0 Å². The van der Waals surface area contributed by atoms with Gasteiger partial charge >= 0.3 is 0 Å². The van der Waals surface area contributed by atoms with Crippen molar-refractivity contribution in [3.63, 3.8) is 0 Å². The number of aliphatic hydroxyl groups is 2. The topological polar surface area (TPSA) is 61.7 Å². The van der Waals surface area contributed by atoms with Gasteiger partial charge in [0.25, 0.3) is 0 Å². The molecule has 0 radical (unpaired) electrons. The van der Waals surface area contributed by atoms with E-state index in [0.29, 0.717) is 17.3 Å². The molecule has 1 aromatic rings. The first kappa shape index (κ1) is 15.2. The number of para-hydroxylation sites is 1. The van der Waals surface area contributed by atoms with Crippen molar-refractivity contribution in [2.75, 3.05) is 19.8 Å². The third-order valence-corrected chi connectivity index (χ3v) is 2.94. The van der Waals surface area contributed by atoms with Crippen LogP contribution in [0.25, 0.3) is 0 Å². The second-order valence-electron chi connectivity index (χ2n) is 4.09. The number of benzene rings is 1. The van der Waals surface area contributed by atoms with Gasteiger partial charge in [0, 0.05) is 12.6 Å². The maximum Gasteiger partial charge on any atom is 0.138 e. The summed E-state index contributed by atoms with van der Waals surface area (Å²) in [5.74, 6) is 0.562. The predicted molar refractivity (Wildman–Crippen MR) is 72.1 cm³/mol. The molecule has 0 aliphatic carbocycles. The lowest BCUT2D eigenvalue weighted by molar-refractivity contribution is 0.0995. The normalized spacial score (nSPS) is 14.2. The fraction of sp³-hybridized carbons (Fsp3) is 0.538. The Morgan fingerprint density at radius 2 is 2.11 bits per heavy atom. The van der Waals surface area contributed by atoms with E-state index in [9.17, 15) is 5.11 Å². The summed E-state index contributed by atoms with van der Waals surface area (Å²) in [6.45, 7) is 2.58. The largest absolute Gasteiger partial charge is 0.489 e. The van der Waals surface area contributed by atoms with Crippen LogP contribution in [0.15, 0.2) is 24.3 Å². The van der Waals surface area contributed by atoms with Crippen molar-refractivity contribution in [2.45, 2.75) is 25.5 Å². The molecule has 0 aromatic heterocycles. The van der Waals surface area contributed by atoms with Crippen LogP contribution >= 0.6 is 11.6 Å². The van der Waals surface area contributed by atoms with Crippen LogP contribution < -0.4 is 10.1 Å². The molecule has 0 bridgehead atoms. The van der Waals surface area contributed by atoms with Crippen molar-refractivity contribution in [2.24, 2.45) is 0 Å². The fourth-order valence-electron chi connectivity index (χ4n) is 1.45. The molecule has 2 atom stereocenters. The quantitative estimate of drug-likeness (QED) is 0.671. The molecule has 4 nitrogen and oxygen atoms in total. The Hall–Kier alpha value is -0.810. The Morgan fingerprint density at radius 1 is 1.39 bits per heavy atom. The average molecular weight is 274 g/mol. The van der Waals surface area contributed by atoms with E-state index in [1.54, 1.807) is 12.1 Å². The predicted octanol–water partition coefficient (Wildman–Crippen LogP) is 1.44. The number of rotatable bonds is 8. The zero-order valence-electron chi connectivity index (χ0n) is 10.5. The van der Waals surface area contributed by atoms with Crippen molar-refractivity contribution in [3.8, 4) is 5.75 Å². The van der Waals surface area contributed by atoms with Crippen LogP contribution in [0.2, 0.25) is 5.02 Å². The minimum absolute atomic E-state index is 0.0139. The van der Waals surface area contributed by atoms with Gasteiger partial charge in [0.2, 0.25) is 0 Å². The second-order valence-corrected chi connectivity index (χ2v) is 4.50. The Kier molecular flexibility index (Phi) is 7.05. The Bertz CT molecular complexity index is 345. The molecule has 0 spiro atoms. The maximum absolute atomic E-state index is 9.73. The van der Waals surface area contributed by atoms with E-state index in [2.05, 4.69) is 5.32 Å². The molecule has 0 fully saturated rings. The SMILES string of the molecule is CC[C@H](CO)NC[C@@H](O)COc1ccccc1Cl. The molecule has 3 N–H and O–H groups in total. The Balaban J connectivity index is 2.29. The summed E-state index contributed by atoms with van der Waals surface area (Å²) in [7, 11) is 0. The zero-order chi connectivity index (χ0) is 13.4. The minimum Gasteiger partial charge on any atom is -0.489 e. The molecule has 1 aromatic carbocycles. The van der Waals surface area contributed by atoms with Gasteiger partial charge in [-0.3, -0.25) is 0 Å². The van der Waals surface area contributed by atoms with Crippen LogP contribution in [0.4, 0.5) is 0 Å². The van der Waals surface area contributed by atoms with Crippen LogP contribution in [-0.4, -0.2) is 42.1 Å². The number of hydrogen-bond donors (Lipinski definition) is 3. The summed E-state index contributed by atoms with van der Waals surface area (Å²) in [6.07, 6.45) is 0.177. The minimum atomic E-state index is -0.637. The van der Waals surface area contributed by atoms with Crippen LogP contribution in [0, 0.1) is 0 Å². The molecule has 0 saturated heterocycles. The summed E-state index contributed by atoms with van der Waals surface area (Å²) in [6, 6.07) is 7.15. The molecule has 0 aliphatic heterocycles. The van der Waals surface area contributed by atoms with E-state index in [-0.39, 0.29) is 19.3 Å². The highest BCUT2D eigenvalue weighted by Crippen LogP contribution is 2.22. The summed E-state index contributed by atoms with van der Waals surface area (Å²) in [4.78, 5) is 0. The van der Waals surface area contributed by atoms with E-state index in [1.807, 2.05) is 19.1 Å². The third kappa shape index (κ3) is 5.23. The van der Waals surface area contributed by atoms with Gasteiger partial charge in [-0.25, -0.2) is 0 Å². The number of halogens is 1.